The Balaban J connectivity index is 2.02. The van der Waals surface area contributed by atoms with E-state index in [0.717, 1.165) is 11.0 Å². The first-order valence-electron chi connectivity index (χ1n) is 7.39. The molecular formula is C15H16F2N2O6. The Bertz CT molecular complexity index is 667. The van der Waals surface area contributed by atoms with Crippen LogP contribution >= 0.6 is 0 Å². The minimum absolute atomic E-state index is 0.0104. The van der Waals surface area contributed by atoms with Crippen LogP contribution < -0.4 is 14.8 Å². The van der Waals surface area contributed by atoms with Crippen LogP contribution in [0.1, 0.15) is 17.3 Å². The number of carbonyl (C=O) groups excluding carboxylic acids is 3. The number of urea groups is 1. The number of rotatable bonds is 7. The summed E-state index contributed by atoms with van der Waals surface area (Å²) >= 11 is 0. The van der Waals surface area contributed by atoms with Gasteiger partial charge in [0, 0.05) is 13.1 Å². The maximum Gasteiger partial charge on any atom is 0.387 e. The Morgan fingerprint density at radius 1 is 1.32 bits per heavy atom. The molecule has 136 valence electrons. The van der Waals surface area contributed by atoms with Crippen molar-refractivity contribution < 1.29 is 37.4 Å². The summed E-state index contributed by atoms with van der Waals surface area (Å²) in [7, 11) is 0. The van der Waals surface area contributed by atoms with Crippen molar-refractivity contribution in [1.29, 1.82) is 0 Å². The first-order chi connectivity index (χ1) is 11.9. The second-order valence-electron chi connectivity index (χ2n) is 4.83. The van der Waals surface area contributed by atoms with Gasteiger partial charge in [-0.15, -0.1) is 0 Å². The van der Waals surface area contributed by atoms with Crippen molar-refractivity contribution in [1.82, 2.24) is 10.2 Å². The summed E-state index contributed by atoms with van der Waals surface area (Å²) in [6.45, 7) is -1.32. The lowest BCUT2D eigenvalue weighted by molar-refractivity contribution is -0.130. The van der Waals surface area contributed by atoms with E-state index in [0.29, 0.717) is 6.54 Å². The predicted molar refractivity (Wildman–Crippen MR) is 79.6 cm³/mol. The zero-order chi connectivity index (χ0) is 18.4. The van der Waals surface area contributed by atoms with Crippen molar-refractivity contribution >= 4 is 17.9 Å². The summed E-state index contributed by atoms with van der Waals surface area (Å²) in [4.78, 5) is 36.1. The number of carbonyl (C=O) groups is 3. The SMILES string of the molecule is CCOc1cc(C(=O)OCC(=O)N2CCNC2=O)ccc1OC(F)F. The number of benzene rings is 1. The van der Waals surface area contributed by atoms with Crippen LogP contribution in [0.2, 0.25) is 0 Å². The lowest BCUT2D eigenvalue weighted by atomic mass is 10.2. The summed E-state index contributed by atoms with van der Waals surface area (Å²) in [6, 6.07) is 2.98. The molecule has 1 fully saturated rings. The van der Waals surface area contributed by atoms with Gasteiger partial charge in [0.15, 0.2) is 18.1 Å². The largest absolute Gasteiger partial charge is 0.490 e. The highest BCUT2D eigenvalue weighted by Gasteiger charge is 2.27. The van der Waals surface area contributed by atoms with Gasteiger partial charge in [0.05, 0.1) is 12.2 Å². The van der Waals surface area contributed by atoms with Gasteiger partial charge in [-0.1, -0.05) is 0 Å². The van der Waals surface area contributed by atoms with Crippen molar-refractivity contribution in [3.63, 3.8) is 0 Å². The van der Waals surface area contributed by atoms with Crippen LogP contribution in [0.4, 0.5) is 13.6 Å². The van der Waals surface area contributed by atoms with Crippen molar-refractivity contribution in [3.05, 3.63) is 23.8 Å². The molecule has 0 aromatic heterocycles. The van der Waals surface area contributed by atoms with Crippen molar-refractivity contribution in [2.45, 2.75) is 13.5 Å². The normalized spacial score (nSPS) is 13.6. The van der Waals surface area contributed by atoms with Crippen LogP contribution in [0.15, 0.2) is 18.2 Å². The highest BCUT2D eigenvalue weighted by atomic mass is 19.3. The summed E-state index contributed by atoms with van der Waals surface area (Å²) < 4.78 is 39.0. The van der Waals surface area contributed by atoms with E-state index >= 15 is 0 Å². The maximum atomic E-state index is 12.3. The Hall–Kier alpha value is -2.91. The number of esters is 1. The predicted octanol–water partition coefficient (Wildman–Crippen LogP) is 1.40. The molecule has 1 aromatic carbocycles. The molecule has 0 atom stereocenters. The third-order valence-corrected chi connectivity index (χ3v) is 3.18. The van der Waals surface area contributed by atoms with Gasteiger partial charge >= 0.3 is 18.6 Å². The number of nitrogens with one attached hydrogen (secondary N) is 1. The fourth-order valence-corrected chi connectivity index (χ4v) is 2.09. The first-order valence-corrected chi connectivity index (χ1v) is 7.39. The van der Waals surface area contributed by atoms with Crippen molar-refractivity contribution in [3.8, 4) is 11.5 Å². The number of ether oxygens (including phenoxy) is 3. The second kappa shape index (κ2) is 8.27. The number of hydrogen-bond donors (Lipinski definition) is 1. The number of imide groups is 1. The third kappa shape index (κ3) is 4.78. The Labute approximate surface area is 141 Å². The standard InChI is InChI=1S/C15H16F2N2O6/c1-2-23-11-7-9(3-4-10(11)25-14(16)17)13(21)24-8-12(20)19-6-5-18-15(19)22/h3-4,7,14H,2,5-6,8H2,1H3,(H,18,22). The lowest BCUT2D eigenvalue weighted by Gasteiger charge is -2.14. The molecule has 0 bridgehead atoms. The highest BCUT2D eigenvalue weighted by molar-refractivity contribution is 5.98. The molecular weight excluding hydrogens is 342 g/mol. The molecule has 1 saturated heterocycles. The van der Waals surface area contributed by atoms with Crippen LogP contribution in [0.5, 0.6) is 11.5 Å². The first kappa shape index (κ1) is 18.4. The summed E-state index contributed by atoms with van der Waals surface area (Å²) in [5.74, 6) is -1.80. The number of amides is 3. The summed E-state index contributed by atoms with van der Waals surface area (Å²) in [5, 5.41) is 2.45. The fraction of sp³-hybridized carbons (Fsp3) is 0.400. The van der Waals surface area contributed by atoms with E-state index in [-0.39, 0.29) is 30.2 Å². The molecule has 3 amide bonds. The lowest BCUT2D eigenvalue weighted by Crippen LogP contribution is -2.37. The topological polar surface area (TPSA) is 94.2 Å². The number of alkyl halides is 2. The molecule has 10 heteroatoms. The zero-order valence-electron chi connectivity index (χ0n) is 13.3. The Morgan fingerprint density at radius 2 is 2.08 bits per heavy atom. The molecule has 0 saturated carbocycles. The van der Waals surface area contributed by atoms with E-state index < -0.39 is 31.1 Å². The monoisotopic (exact) mass is 358 g/mol. The number of halogens is 2. The number of nitrogens with zero attached hydrogens (tertiary/aromatic N) is 1. The molecule has 0 spiro atoms. The molecule has 0 radical (unpaired) electrons. The molecule has 1 heterocycles. The third-order valence-electron chi connectivity index (χ3n) is 3.18. The van der Waals surface area contributed by atoms with E-state index in [1.807, 2.05) is 0 Å². The fourth-order valence-electron chi connectivity index (χ4n) is 2.09. The number of hydrogen-bond acceptors (Lipinski definition) is 6. The van der Waals surface area contributed by atoms with E-state index in [2.05, 4.69) is 10.1 Å². The van der Waals surface area contributed by atoms with E-state index in [1.165, 1.54) is 12.1 Å². The minimum atomic E-state index is -3.04. The molecule has 1 aromatic rings. The van der Waals surface area contributed by atoms with Gasteiger partial charge in [-0.05, 0) is 25.1 Å². The average molecular weight is 358 g/mol. The molecule has 2 rings (SSSR count). The van der Waals surface area contributed by atoms with Crippen LogP contribution in [-0.4, -0.2) is 55.7 Å². The Kier molecular flexibility index (Phi) is 6.09. The molecule has 25 heavy (non-hydrogen) atoms. The summed E-state index contributed by atoms with van der Waals surface area (Å²) in [6.07, 6.45) is 0. The minimum Gasteiger partial charge on any atom is -0.490 e. The van der Waals surface area contributed by atoms with Crippen LogP contribution in [0.3, 0.4) is 0 Å². The van der Waals surface area contributed by atoms with Gasteiger partial charge < -0.3 is 19.5 Å². The van der Waals surface area contributed by atoms with E-state index in [9.17, 15) is 23.2 Å². The molecule has 0 unspecified atom stereocenters. The molecule has 0 aliphatic carbocycles. The van der Waals surface area contributed by atoms with Crippen LogP contribution in [0, 0.1) is 0 Å². The Morgan fingerprint density at radius 3 is 2.68 bits per heavy atom. The van der Waals surface area contributed by atoms with Gasteiger partial charge in [-0.3, -0.25) is 9.69 Å². The average Bonchev–Trinajstić information content (AvgIpc) is 3.00. The zero-order valence-corrected chi connectivity index (χ0v) is 13.3. The van der Waals surface area contributed by atoms with Crippen LogP contribution in [-0.2, 0) is 9.53 Å². The molecule has 8 nitrogen and oxygen atoms in total. The van der Waals surface area contributed by atoms with Gasteiger partial charge in [-0.2, -0.15) is 8.78 Å². The molecule has 1 aliphatic rings. The van der Waals surface area contributed by atoms with Gasteiger partial charge in [0.1, 0.15) is 0 Å². The smallest absolute Gasteiger partial charge is 0.387 e. The van der Waals surface area contributed by atoms with Crippen molar-refractivity contribution in [2.24, 2.45) is 0 Å². The molecule has 1 aliphatic heterocycles. The highest BCUT2D eigenvalue weighted by Crippen LogP contribution is 2.30. The van der Waals surface area contributed by atoms with Gasteiger partial charge in [-0.25, -0.2) is 9.59 Å². The quantitative estimate of drug-likeness (QED) is 0.741. The molecule has 1 N–H and O–H groups in total. The van der Waals surface area contributed by atoms with E-state index in [4.69, 9.17) is 9.47 Å². The maximum absolute atomic E-state index is 12.3. The van der Waals surface area contributed by atoms with Crippen molar-refractivity contribution in [2.75, 3.05) is 26.3 Å². The van der Waals surface area contributed by atoms with Gasteiger partial charge in [0.2, 0.25) is 0 Å². The summed E-state index contributed by atoms with van der Waals surface area (Å²) in [5.41, 5.74) is -0.0104. The second-order valence-corrected chi connectivity index (χ2v) is 4.83. The van der Waals surface area contributed by atoms with Gasteiger partial charge in [0.25, 0.3) is 5.91 Å². The van der Waals surface area contributed by atoms with E-state index in [1.54, 1.807) is 6.92 Å². The van der Waals surface area contributed by atoms with Crippen LogP contribution in [0.25, 0.3) is 0 Å².